The van der Waals surface area contributed by atoms with E-state index in [-0.39, 0.29) is 12.8 Å². The van der Waals surface area contributed by atoms with Crippen LogP contribution in [-0.4, -0.2) is 33.1 Å². The van der Waals surface area contributed by atoms with Crippen LogP contribution < -0.4 is 4.74 Å². The van der Waals surface area contributed by atoms with Crippen molar-refractivity contribution in [1.29, 1.82) is 0 Å². The van der Waals surface area contributed by atoms with Gasteiger partial charge in [-0.3, -0.25) is 4.57 Å². The molecule has 0 unspecified atom stereocenters. The lowest BCUT2D eigenvalue weighted by molar-refractivity contribution is -0.00538. The van der Waals surface area contributed by atoms with Gasteiger partial charge in [-0.2, -0.15) is 4.79 Å². The summed E-state index contributed by atoms with van der Waals surface area (Å²) in [6, 6.07) is 7.27. The molecule has 22 heavy (non-hydrogen) atoms. The zero-order chi connectivity index (χ0) is 16.0. The van der Waals surface area contributed by atoms with Crippen LogP contribution in [0.2, 0.25) is 0 Å². The maximum atomic E-state index is 10.7. The molecule has 116 valence electrons. The predicted molar refractivity (Wildman–Crippen MR) is 85.2 cm³/mol. The lowest BCUT2D eigenvalue weighted by atomic mass is 10.2. The second-order valence-electron chi connectivity index (χ2n) is 4.55. The highest BCUT2D eigenvalue weighted by atomic mass is 32.2. The fourth-order valence-corrected chi connectivity index (χ4v) is 2.87. The minimum absolute atomic E-state index is 0.0199. The van der Waals surface area contributed by atoms with E-state index in [9.17, 15) is 4.57 Å². The van der Waals surface area contributed by atoms with Crippen molar-refractivity contribution in [2.45, 2.75) is 11.3 Å². The summed E-state index contributed by atoms with van der Waals surface area (Å²) >= 11 is 1.57. The molecule has 2 N–H and O–H groups in total. The van der Waals surface area contributed by atoms with Gasteiger partial charge in [-0.15, -0.1) is 0 Å². The molecule has 0 saturated heterocycles. The van der Waals surface area contributed by atoms with Crippen LogP contribution in [-0.2, 0) is 4.57 Å². The fraction of sp³-hybridized carbons (Fsp3) is 0.214. The molecular formula is C14H15N2O4PS. The number of nitrogens with zero attached hydrogens (tertiary/aromatic N) is 2. The first-order valence-corrected chi connectivity index (χ1v) is 9.12. The first-order valence-electron chi connectivity index (χ1n) is 6.51. The average Bonchev–Trinajstić information content (AvgIpc) is 2.49. The van der Waals surface area contributed by atoms with Crippen LogP contribution in [0.5, 0.6) is 5.75 Å². The molecule has 1 aromatic rings. The Morgan fingerprint density at radius 2 is 2.00 bits per heavy atom. The van der Waals surface area contributed by atoms with E-state index < -0.39 is 7.60 Å². The summed E-state index contributed by atoms with van der Waals surface area (Å²) in [6.45, 7) is -0.0199. The molecule has 0 fully saturated rings. The van der Waals surface area contributed by atoms with Crippen LogP contribution in [0.3, 0.4) is 0 Å². The molecule has 0 amide bonds. The summed E-state index contributed by atoms with van der Waals surface area (Å²) in [5, 5.41) is 0. The van der Waals surface area contributed by atoms with Crippen LogP contribution in [0.4, 0.5) is 0 Å². The molecule has 0 radical (unpaired) electrons. The highest BCUT2D eigenvalue weighted by Crippen LogP contribution is 2.34. The summed E-state index contributed by atoms with van der Waals surface area (Å²) in [6.07, 6.45) is 5.93. The van der Waals surface area contributed by atoms with Gasteiger partial charge < -0.3 is 20.1 Å². The van der Waals surface area contributed by atoms with Crippen molar-refractivity contribution in [3.05, 3.63) is 52.9 Å². The minimum atomic E-state index is -4.02. The molecule has 0 atom stereocenters. The Balaban J connectivity index is 1.87. The Hall–Kier alpha value is -1.62. The number of hydrogen-bond donors (Lipinski definition) is 2. The van der Waals surface area contributed by atoms with Crippen LogP contribution >= 0.6 is 19.4 Å². The zero-order valence-corrected chi connectivity index (χ0v) is 13.3. The molecule has 6 nitrogen and oxygen atoms in total. The van der Waals surface area contributed by atoms with Gasteiger partial charge >= 0.3 is 7.60 Å². The molecule has 1 aliphatic rings. The monoisotopic (exact) mass is 338 g/mol. The first-order chi connectivity index (χ1) is 10.5. The van der Waals surface area contributed by atoms with E-state index in [1.807, 2.05) is 24.3 Å². The SMILES string of the molecule is [N-]=[N+]=C1C=CC(Sc2ccc(OCCP(=O)(O)O)cc2)=CC1. The van der Waals surface area contributed by atoms with E-state index in [2.05, 4.69) is 4.79 Å². The summed E-state index contributed by atoms with van der Waals surface area (Å²) < 4.78 is 16.0. The van der Waals surface area contributed by atoms with Gasteiger partial charge in [0.15, 0.2) is 0 Å². The molecule has 2 rings (SSSR count). The Kier molecular flexibility index (Phi) is 5.77. The third-order valence-corrected chi connectivity index (χ3v) is 4.60. The zero-order valence-electron chi connectivity index (χ0n) is 11.6. The summed E-state index contributed by atoms with van der Waals surface area (Å²) in [5.41, 5.74) is 9.28. The van der Waals surface area contributed by atoms with Crippen molar-refractivity contribution in [2.75, 3.05) is 12.8 Å². The van der Waals surface area contributed by atoms with E-state index in [1.165, 1.54) is 0 Å². The smallest absolute Gasteiger partial charge is 0.328 e. The number of benzene rings is 1. The third kappa shape index (κ3) is 5.64. The van der Waals surface area contributed by atoms with Crippen molar-refractivity contribution in [2.24, 2.45) is 0 Å². The van der Waals surface area contributed by atoms with Gasteiger partial charge in [0.05, 0.1) is 19.2 Å². The van der Waals surface area contributed by atoms with Crippen molar-refractivity contribution in [1.82, 2.24) is 0 Å². The van der Waals surface area contributed by atoms with Gasteiger partial charge in [0, 0.05) is 15.9 Å². The van der Waals surface area contributed by atoms with E-state index in [1.54, 1.807) is 30.0 Å². The highest BCUT2D eigenvalue weighted by Gasteiger charge is 2.12. The molecule has 8 heteroatoms. The average molecular weight is 338 g/mol. The Bertz CT molecular complexity index is 687. The van der Waals surface area contributed by atoms with Crippen molar-refractivity contribution < 1.29 is 23.9 Å². The van der Waals surface area contributed by atoms with Crippen molar-refractivity contribution in [3.8, 4) is 5.75 Å². The van der Waals surface area contributed by atoms with Crippen molar-refractivity contribution >= 4 is 25.1 Å². The lowest BCUT2D eigenvalue weighted by Gasteiger charge is -2.08. The van der Waals surface area contributed by atoms with Crippen LogP contribution in [0.1, 0.15) is 6.42 Å². The Morgan fingerprint density at radius 1 is 1.27 bits per heavy atom. The lowest BCUT2D eigenvalue weighted by Crippen LogP contribution is -2.03. The van der Waals surface area contributed by atoms with Crippen LogP contribution in [0.25, 0.3) is 5.53 Å². The highest BCUT2D eigenvalue weighted by molar-refractivity contribution is 8.03. The molecule has 0 aromatic heterocycles. The van der Waals surface area contributed by atoms with Crippen LogP contribution in [0.15, 0.2) is 52.3 Å². The topological polar surface area (TPSA) is 103 Å². The number of thioether (sulfide) groups is 1. The molecule has 0 spiro atoms. The van der Waals surface area contributed by atoms with E-state index in [4.69, 9.17) is 20.1 Å². The van der Waals surface area contributed by atoms with E-state index >= 15 is 0 Å². The third-order valence-electron chi connectivity index (χ3n) is 2.79. The normalized spacial score (nSPS) is 14.5. The number of rotatable bonds is 6. The van der Waals surface area contributed by atoms with Gasteiger partial charge in [-0.05, 0) is 30.3 Å². The summed E-state index contributed by atoms with van der Waals surface area (Å²) in [7, 11) is -4.02. The maximum absolute atomic E-state index is 10.7. The second-order valence-corrected chi connectivity index (χ2v) is 7.47. The van der Waals surface area contributed by atoms with Gasteiger partial charge in [0.2, 0.25) is 0 Å². The van der Waals surface area contributed by atoms with Crippen LogP contribution in [0, 0.1) is 0 Å². The summed E-state index contributed by atoms with van der Waals surface area (Å²) in [4.78, 5) is 22.7. The van der Waals surface area contributed by atoms with Gasteiger partial charge in [-0.25, -0.2) is 0 Å². The maximum Gasteiger partial charge on any atom is 0.328 e. The molecule has 0 heterocycles. The summed E-state index contributed by atoms with van der Waals surface area (Å²) in [5.74, 6) is 0.570. The molecule has 0 bridgehead atoms. The number of ether oxygens (including phenoxy) is 1. The number of allylic oxidation sites excluding steroid dienone is 3. The van der Waals surface area contributed by atoms with E-state index in [0.29, 0.717) is 17.9 Å². The minimum Gasteiger partial charge on any atom is -0.493 e. The van der Waals surface area contributed by atoms with Gasteiger partial charge in [0.25, 0.3) is 5.71 Å². The number of hydrogen-bond acceptors (Lipinski definition) is 3. The molecule has 0 saturated carbocycles. The van der Waals surface area contributed by atoms with Crippen molar-refractivity contribution in [3.63, 3.8) is 0 Å². The van der Waals surface area contributed by atoms with E-state index in [0.717, 1.165) is 9.80 Å². The Morgan fingerprint density at radius 3 is 2.55 bits per heavy atom. The first kappa shape index (κ1) is 16.7. The standard InChI is InChI=1S/C14H15N2O4PS/c15-16-11-1-5-13(6-2-11)22-14-7-3-12(4-8-14)20-9-10-21(17,18)19/h1,3-8H,2,9-10H2,(H2,17,18,19). The molecule has 0 aliphatic heterocycles. The molecular weight excluding hydrogens is 323 g/mol. The van der Waals surface area contributed by atoms with Gasteiger partial charge in [-0.1, -0.05) is 17.8 Å². The quantitative estimate of drug-likeness (QED) is 0.471. The Labute approximate surface area is 132 Å². The van der Waals surface area contributed by atoms with Gasteiger partial charge in [0.1, 0.15) is 5.75 Å². The fourth-order valence-electron chi connectivity index (χ4n) is 1.69. The molecule has 1 aromatic carbocycles. The predicted octanol–water partition coefficient (Wildman–Crippen LogP) is 2.85. The second kappa shape index (κ2) is 7.58. The molecule has 1 aliphatic carbocycles. The largest absolute Gasteiger partial charge is 0.493 e.